The lowest BCUT2D eigenvalue weighted by atomic mass is 10.1. The minimum absolute atomic E-state index is 0.222. The Morgan fingerprint density at radius 1 is 1.03 bits per heavy atom. The molecular weight excluding hydrogens is 405 g/mol. The molecular formula is C20H21F3N2O3S. The van der Waals surface area contributed by atoms with Crippen molar-refractivity contribution in [3.05, 3.63) is 76.5 Å². The van der Waals surface area contributed by atoms with Crippen LogP contribution in [0.5, 0.6) is 0 Å². The maximum Gasteiger partial charge on any atom is 0.254 e. The summed E-state index contributed by atoms with van der Waals surface area (Å²) in [5.74, 6) is -3.26. The van der Waals surface area contributed by atoms with Crippen molar-refractivity contribution in [1.82, 2.24) is 5.32 Å². The van der Waals surface area contributed by atoms with E-state index in [2.05, 4.69) is 10.6 Å². The van der Waals surface area contributed by atoms with E-state index in [9.17, 15) is 26.4 Å². The molecule has 9 heteroatoms. The molecule has 0 unspecified atom stereocenters. The first kappa shape index (κ1) is 22.5. The Bertz CT molecular complexity index is 1040. The van der Waals surface area contributed by atoms with Crippen LogP contribution < -0.4 is 10.6 Å². The van der Waals surface area contributed by atoms with E-state index in [1.807, 2.05) is 0 Å². The van der Waals surface area contributed by atoms with Gasteiger partial charge in [-0.25, -0.2) is 21.6 Å². The molecule has 1 amide bonds. The number of hydrogen-bond acceptors (Lipinski definition) is 4. The summed E-state index contributed by atoms with van der Waals surface area (Å²) in [6.45, 7) is 3.08. The van der Waals surface area contributed by atoms with Gasteiger partial charge in [0.2, 0.25) is 0 Å². The molecule has 0 aromatic heterocycles. The Kier molecular flexibility index (Phi) is 7.07. The van der Waals surface area contributed by atoms with E-state index in [1.54, 1.807) is 13.0 Å². The van der Waals surface area contributed by atoms with Gasteiger partial charge < -0.3 is 10.6 Å². The van der Waals surface area contributed by atoms with Crippen LogP contribution in [0.3, 0.4) is 0 Å². The number of sulfone groups is 1. The van der Waals surface area contributed by atoms with E-state index in [-0.39, 0.29) is 11.3 Å². The number of halogens is 3. The largest absolute Gasteiger partial charge is 0.376 e. The molecule has 0 saturated heterocycles. The van der Waals surface area contributed by atoms with Gasteiger partial charge in [-0.1, -0.05) is 24.3 Å². The minimum atomic E-state index is -3.38. The monoisotopic (exact) mass is 426 g/mol. The summed E-state index contributed by atoms with van der Waals surface area (Å²) in [6.07, 6.45) is 2.20. The fourth-order valence-electron chi connectivity index (χ4n) is 2.56. The van der Waals surface area contributed by atoms with Gasteiger partial charge >= 0.3 is 0 Å². The molecule has 0 aliphatic heterocycles. The lowest BCUT2D eigenvalue weighted by Gasteiger charge is -2.18. The Labute approximate surface area is 167 Å². The Morgan fingerprint density at radius 2 is 1.69 bits per heavy atom. The highest BCUT2D eigenvalue weighted by Crippen LogP contribution is 2.25. The molecule has 29 heavy (non-hydrogen) atoms. The van der Waals surface area contributed by atoms with Crippen molar-refractivity contribution in [2.24, 2.45) is 0 Å². The molecule has 0 radical (unpaired) electrons. The first-order chi connectivity index (χ1) is 13.5. The molecule has 2 N–H and O–H groups in total. The third-order valence-corrected chi connectivity index (χ3v) is 4.67. The second-order valence-corrected chi connectivity index (χ2v) is 8.55. The molecule has 2 atom stereocenters. The number of rotatable bonds is 7. The zero-order valence-corrected chi connectivity index (χ0v) is 16.9. The summed E-state index contributed by atoms with van der Waals surface area (Å²) in [4.78, 5) is 12.2. The van der Waals surface area contributed by atoms with Gasteiger partial charge in [-0.05, 0) is 26.0 Å². The van der Waals surface area contributed by atoms with Gasteiger partial charge in [-0.3, -0.25) is 4.79 Å². The van der Waals surface area contributed by atoms with Crippen LogP contribution in [0.1, 0.15) is 35.8 Å². The van der Waals surface area contributed by atoms with Gasteiger partial charge in [0.15, 0.2) is 9.84 Å². The van der Waals surface area contributed by atoms with Gasteiger partial charge in [0, 0.05) is 29.3 Å². The number of benzene rings is 2. The van der Waals surface area contributed by atoms with E-state index < -0.39 is 50.8 Å². The first-order valence-electron chi connectivity index (χ1n) is 8.67. The van der Waals surface area contributed by atoms with Gasteiger partial charge in [-0.2, -0.15) is 0 Å². The predicted molar refractivity (Wildman–Crippen MR) is 106 cm³/mol. The zero-order valence-electron chi connectivity index (χ0n) is 16.0. The fourth-order valence-corrected chi connectivity index (χ4v) is 3.08. The molecule has 0 aliphatic rings. The Balaban J connectivity index is 2.17. The molecule has 2 aromatic carbocycles. The van der Waals surface area contributed by atoms with Crippen LogP contribution in [0.2, 0.25) is 0 Å². The molecule has 0 spiro atoms. The molecule has 2 rings (SSSR count). The zero-order chi connectivity index (χ0) is 21.8. The standard InChI is InChI=1S/C20H21F3N2O3S/c1-12(8-9-29(3,27)28)24-20(26)15-10-18(23)19(11-17(15)22)25-13(2)14-6-4-5-7-16(14)21/h4-13,25H,1-3H3,(H,24,26)/b9-8+/t12-,13+/m1/s1. The van der Waals surface area contributed by atoms with E-state index >= 15 is 0 Å². The Morgan fingerprint density at radius 3 is 2.31 bits per heavy atom. The van der Waals surface area contributed by atoms with E-state index in [4.69, 9.17) is 0 Å². The van der Waals surface area contributed by atoms with Crippen molar-refractivity contribution in [3.63, 3.8) is 0 Å². The van der Waals surface area contributed by atoms with Gasteiger partial charge in [0.25, 0.3) is 5.91 Å². The normalized spacial score (nSPS) is 13.9. The topological polar surface area (TPSA) is 75.3 Å². The summed E-state index contributed by atoms with van der Waals surface area (Å²) in [6, 6.07) is 6.11. The van der Waals surface area contributed by atoms with Gasteiger partial charge in [-0.15, -0.1) is 0 Å². The average molecular weight is 426 g/mol. The number of amides is 1. The molecule has 0 aliphatic carbocycles. The highest BCUT2D eigenvalue weighted by molar-refractivity contribution is 7.93. The van der Waals surface area contributed by atoms with Crippen molar-refractivity contribution in [3.8, 4) is 0 Å². The number of anilines is 1. The smallest absolute Gasteiger partial charge is 0.254 e. The van der Waals surface area contributed by atoms with Crippen molar-refractivity contribution in [2.75, 3.05) is 11.6 Å². The minimum Gasteiger partial charge on any atom is -0.376 e. The van der Waals surface area contributed by atoms with Crippen LogP contribution in [0, 0.1) is 17.5 Å². The molecule has 0 heterocycles. The predicted octanol–water partition coefficient (Wildman–Crippen LogP) is 3.95. The van der Waals surface area contributed by atoms with E-state index in [1.165, 1.54) is 31.2 Å². The van der Waals surface area contributed by atoms with Crippen LogP contribution >= 0.6 is 0 Å². The van der Waals surface area contributed by atoms with E-state index in [0.717, 1.165) is 23.8 Å². The molecule has 0 bridgehead atoms. The molecule has 156 valence electrons. The highest BCUT2D eigenvalue weighted by Gasteiger charge is 2.19. The maximum atomic E-state index is 14.4. The summed E-state index contributed by atoms with van der Waals surface area (Å²) in [5.41, 5.74) is -0.480. The average Bonchev–Trinajstić information content (AvgIpc) is 2.62. The quantitative estimate of drug-likeness (QED) is 0.703. The summed E-state index contributed by atoms with van der Waals surface area (Å²) >= 11 is 0. The van der Waals surface area contributed by atoms with E-state index in [0.29, 0.717) is 0 Å². The van der Waals surface area contributed by atoms with Crippen LogP contribution in [-0.4, -0.2) is 26.6 Å². The second kappa shape index (κ2) is 9.13. The van der Waals surface area contributed by atoms with Crippen LogP contribution in [0.15, 0.2) is 47.9 Å². The number of carbonyl (C=O) groups excluding carboxylic acids is 1. The summed E-state index contributed by atoms with van der Waals surface area (Å²) in [5, 5.41) is 5.96. The maximum absolute atomic E-state index is 14.4. The van der Waals surface area contributed by atoms with Crippen LogP contribution in [-0.2, 0) is 9.84 Å². The lowest BCUT2D eigenvalue weighted by molar-refractivity contribution is 0.0942. The number of nitrogens with one attached hydrogen (secondary N) is 2. The van der Waals surface area contributed by atoms with Gasteiger partial charge in [0.05, 0.1) is 17.3 Å². The molecule has 0 fully saturated rings. The molecule has 0 saturated carbocycles. The fraction of sp³-hybridized carbons (Fsp3) is 0.250. The van der Waals surface area contributed by atoms with Crippen molar-refractivity contribution in [1.29, 1.82) is 0 Å². The third kappa shape index (κ3) is 6.35. The molecule has 2 aromatic rings. The molecule has 5 nitrogen and oxygen atoms in total. The lowest BCUT2D eigenvalue weighted by Crippen LogP contribution is -2.32. The number of hydrogen-bond donors (Lipinski definition) is 2. The van der Waals surface area contributed by atoms with Crippen LogP contribution in [0.25, 0.3) is 0 Å². The summed E-state index contributed by atoms with van der Waals surface area (Å²) < 4.78 is 64.8. The van der Waals surface area contributed by atoms with Crippen molar-refractivity contribution < 1.29 is 26.4 Å². The highest BCUT2D eigenvalue weighted by atomic mass is 32.2. The second-order valence-electron chi connectivity index (χ2n) is 6.62. The third-order valence-electron chi connectivity index (χ3n) is 4.02. The van der Waals surface area contributed by atoms with Crippen LogP contribution in [0.4, 0.5) is 18.9 Å². The summed E-state index contributed by atoms with van der Waals surface area (Å²) in [7, 11) is -3.38. The first-order valence-corrected chi connectivity index (χ1v) is 10.6. The van der Waals surface area contributed by atoms with Gasteiger partial charge in [0.1, 0.15) is 17.5 Å². The number of carbonyl (C=O) groups is 1. The van der Waals surface area contributed by atoms with Crippen molar-refractivity contribution in [2.45, 2.75) is 25.9 Å². The SMILES string of the molecule is C[C@H](/C=C/S(C)(=O)=O)NC(=O)c1cc(F)c(N[C@@H](C)c2ccccc2F)cc1F. The van der Waals surface area contributed by atoms with Crippen molar-refractivity contribution >= 4 is 21.4 Å². The Hall–Kier alpha value is -2.81.